The van der Waals surface area contributed by atoms with Crippen LogP contribution < -0.4 is 21.3 Å². The number of alkyl halides is 3. The molecule has 4 aromatic rings. The van der Waals surface area contributed by atoms with Crippen molar-refractivity contribution in [2.75, 3.05) is 36.8 Å². The molecule has 0 aliphatic carbocycles. The van der Waals surface area contributed by atoms with Gasteiger partial charge in [-0.3, -0.25) is 9.59 Å². The Morgan fingerprint density at radius 3 is 1.61 bits per heavy atom. The maximum absolute atomic E-state index is 12.5. The average molecular weight is 670 g/mol. The van der Waals surface area contributed by atoms with Gasteiger partial charge >= 0.3 is 6.18 Å². The van der Waals surface area contributed by atoms with E-state index in [2.05, 4.69) is 33.4 Å². The van der Waals surface area contributed by atoms with Gasteiger partial charge in [-0.25, -0.2) is 0 Å². The van der Waals surface area contributed by atoms with Gasteiger partial charge in [0.1, 0.15) is 0 Å². The van der Waals surface area contributed by atoms with Crippen LogP contribution in [-0.2, 0) is 6.18 Å². The highest BCUT2D eigenvalue weighted by Crippen LogP contribution is 2.30. The molecule has 46 heavy (non-hydrogen) atoms. The van der Waals surface area contributed by atoms with E-state index in [-0.39, 0.29) is 11.5 Å². The molecule has 4 aromatic carbocycles. The molecular weight excluding hydrogens is 636 g/mol. The van der Waals surface area contributed by atoms with E-state index < -0.39 is 17.6 Å². The first-order valence-corrected chi connectivity index (χ1v) is 15.7. The molecule has 2 saturated heterocycles. The van der Waals surface area contributed by atoms with Crippen molar-refractivity contribution in [3.63, 3.8) is 0 Å². The molecule has 11 heteroatoms. The smallest absolute Gasteiger partial charge is 0.322 e. The summed E-state index contributed by atoms with van der Waals surface area (Å²) in [5.74, 6) is 0.385. The predicted molar refractivity (Wildman–Crippen MR) is 177 cm³/mol. The lowest BCUT2D eigenvalue weighted by Gasteiger charge is -2.11. The molecule has 0 spiro atoms. The van der Waals surface area contributed by atoms with Gasteiger partial charge in [-0.1, -0.05) is 47.5 Å². The molecule has 2 aliphatic heterocycles. The highest BCUT2D eigenvalue weighted by Gasteiger charge is 2.30. The normalized spacial score (nSPS) is 17.6. The number of amides is 2. The van der Waals surface area contributed by atoms with Crippen LogP contribution in [0.4, 0.5) is 24.5 Å². The van der Waals surface area contributed by atoms with Crippen LogP contribution in [0.5, 0.6) is 0 Å². The van der Waals surface area contributed by atoms with Crippen LogP contribution in [-0.4, -0.2) is 38.0 Å². The highest BCUT2D eigenvalue weighted by molar-refractivity contribution is 6.37. The van der Waals surface area contributed by atoms with Crippen LogP contribution in [0.2, 0.25) is 10.0 Å². The van der Waals surface area contributed by atoms with Crippen molar-refractivity contribution in [3.05, 3.63) is 129 Å². The number of rotatable bonds is 6. The van der Waals surface area contributed by atoms with E-state index in [1.165, 1.54) is 23.3 Å². The van der Waals surface area contributed by atoms with Crippen molar-refractivity contribution in [3.8, 4) is 0 Å². The Labute approximate surface area is 275 Å². The van der Waals surface area contributed by atoms with E-state index in [9.17, 15) is 22.8 Å². The van der Waals surface area contributed by atoms with Crippen molar-refractivity contribution in [2.24, 2.45) is 0 Å². The molecule has 2 amide bonds. The van der Waals surface area contributed by atoms with Gasteiger partial charge in [-0.05, 0) is 116 Å². The van der Waals surface area contributed by atoms with Crippen molar-refractivity contribution in [1.29, 1.82) is 0 Å². The summed E-state index contributed by atoms with van der Waals surface area (Å²) in [6.45, 7) is 4.05. The Bertz CT molecular complexity index is 1630. The van der Waals surface area contributed by atoms with Gasteiger partial charge in [0.2, 0.25) is 0 Å². The summed E-state index contributed by atoms with van der Waals surface area (Å²) in [6, 6.07) is 24.6. The summed E-state index contributed by atoms with van der Waals surface area (Å²) in [7, 11) is 0. The lowest BCUT2D eigenvalue weighted by Crippen LogP contribution is -2.13. The van der Waals surface area contributed by atoms with E-state index in [1.807, 2.05) is 36.4 Å². The molecule has 2 aliphatic rings. The highest BCUT2D eigenvalue weighted by atomic mass is 35.5. The van der Waals surface area contributed by atoms with Crippen molar-refractivity contribution in [2.45, 2.75) is 30.9 Å². The van der Waals surface area contributed by atoms with Crippen molar-refractivity contribution in [1.82, 2.24) is 10.6 Å². The molecule has 0 radical (unpaired) electrons. The summed E-state index contributed by atoms with van der Waals surface area (Å²) in [4.78, 5) is 24.4. The molecule has 0 saturated carbocycles. The molecule has 2 unspecified atom stereocenters. The van der Waals surface area contributed by atoms with Gasteiger partial charge in [-0.15, -0.1) is 0 Å². The van der Waals surface area contributed by atoms with E-state index in [1.54, 1.807) is 18.2 Å². The van der Waals surface area contributed by atoms with Gasteiger partial charge in [-0.2, -0.15) is 13.2 Å². The fourth-order valence-electron chi connectivity index (χ4n) is 5.44. The maximum atomic E-state index is 12.5. The molecule has 2 atom stereocenters. The molecule has 6 rings (SSSR count). The predicted octanol–water partition coefficient (Wildman–Crippen LogP) is 8.36. The van der Waals surface area contributed by atoms with Crippen molar-refractivity contribution >= 4 is 46.4 Å². The Morgan fingerprint density at radius 1 is 0.674 bits per heavy atom. The Balaban J connectivity index is 0.000000182. The lowest BCUT2D eigenvalue weighted by molar-refractivity contribution is -0.137. The number of hydrogen-bond donors (Lipinski definition) is 4. The second kappa shape index (κ2) is 15.1. The molecule has 2 heterocycles. The van der Waals surface area contributed by atoms with Crippen LogP contribution in [0.1, 0.15) is 62.1 Å². The number of carbonyl (C=O) groups excluding carboxylic acids is 2. The fourth-order valence-corrected chi connectivity index (χ4v) is 5.94. The Kier molecular flexibility index (Phi) is 11.0. The van der Waals surface area contributed by atoms with E-state index in [4.69, 9.17) is 23.2 Å². The second-order valence-electron chi connectivity index (χ2n) is 11.2. The van der Waals surface area contributed by atoms with Crippen LogP contribution in [0.3, 0.4) is 0 Å². The largest absolute Gasteiger partial charge is 0.416 e. The zero-order chi connectivity index (χ0) is 32.7. The molecule has 6 nitrogen and oxygen atoms in total. The summed E-state index contributed by atoms with van der Waals surface area (Å²) >= 11 is 11.9. The quantitative estimate of drug-likeness (QED) is 0.166. The monoisotopic (exact) mass is 668 g/mol. The maximum Gasteiger partial charge on any atom is 0.416 e. The third-order valence-corrected chi connectivity index (χ3v) is 8.60. The Morgan fingerprint density at radius 2 is 1.17 bits per heavy atom. The van der Waals surface area contributed by atoms with Gasteiger partial charge in [0.25, 0.3) is 11.8 Å². The first-order chi connectivity index (χ1) is 22.1. The third kappa shape index (κ3) is 8.88. The zero-order valence-corrected chi connectivity index (χ0v) is 26.3. The van der Waals surface area contributed by atoms with Crippen LogP contribution in [0.25, 0.3) is 0 Å². The lowest BCUT2D eigenvalue weighted by atomic mass is 9.98. The molecule has 240 valence electrons. The summed E-state index contributed by atoms with van der Waals surface area (Å²) in [5.41, 5.74) is 3.72. The number of anilines is 2. The van der Waals surface area contributed by atoms with Gasteiger partial charge in [0.15, 0.2) is 0 Å². The minimum atomic E-state index is -4.40. The number of halogens is 5. The molecule has 0 bridgehead atoms. The summed E-state index contributed by atoms with van der Waals surface area (Å²) < 4.78 is 37.6. The topological polar surface area (TPSA) is 82.3 Å². The number of carbonyl (C=O) groups is 2. The first kappa shape index (κ1) is 33.5. The van der Waals surface area contributed by atoms with Gasteiger partial charge in [0.05, 0.1) is 16.1 Å². The number of benzene rings is 4. The third-order valence-electron chi connectivity index (χ3n) is 8.05. The van der Waals surface area contributed by atoms with E-state index >= 15 is 0 Å². The SMILES string of the molecule is O=C(Nc1ccc(C2CCNC2)cc1)c1ccc(C(F)(F)F)cc1.O=C(Nc1ccc(C2CCNC2)cc1)c1ccc(Cl)cc1Cl. The standard InChI is InChI=1S/C18H17F3N2O.C17H16Cl2N2O/c19-18(20,21)15-5-1-13(2-6-15)17(24)23-16-7-3-12(4-8-16)14-9-10-22-11-14;18-13-3-6-15(16(19)9-13)17(22)21-14-4-1-11(2-5-14)12-7-8-20-10-12/h1-8,14,22H,9-11H2,(H,23,24);1-6,9,12,20H,7-8,10H2,(H,21,22). The number of hydrogen-bond acceptors (Lipinski definition) is 4. The van der Waals surface area contributed by atoms with Crippen LogP contribution in [0, 0.1) is 0 Å². The second-order valence-corrected chi connectivity index (χ2v) is 12.1. The first-order valence-electron chi connectivity index (χ1n) is 14.9. The Hall–Kier alpha value is -3.89. The van der Waals surface area contributed by atoms with Gasteiger partial charge < -0.3 is 21.3 Å². The molecule has 0 aromatic heterocycles. The van der Waals surface area contributed by atoms with Crippen LogP contribution >= 0.6 is 23.2 Å². The van der Waals surface area contributed by atoms with E-state index in [0.29, 0.717) is 33.1 Å². The van der Waals surface area contributed by atoms with Crippen LogP contribution in [0.15, 0.2) is 91.0 Å². The van der Waals surface area contributed by atoms with E-state index in [0.717, 1.165) is 56.8 Å². The zero-order valence-electron chi connectivity index (χ0n) is 24.8. The number of nitrogens with one attached hydrogen (secondary N) is 4. The molecule has 4 N–H and O–H groups in total. The minimum absolute atomic E-state index is 0.187. The van der Waals surface area contributed by atoms with Crippen molar-refractivity contribution < 1.29 is 22.8 Å². The fraction of sp³-hybridized carbons (Fsp3) is 0.257. The molecule has 2 fully saturated rings. The summed E-state index contributed by atoms with van der Waals surface area (Å²) in [6.07, 6.45) is -2.15. The van der Waals surface area contributed by atoms with Gasteiger partial charge in [0, 0.05) is 35.1 Å². The minimum Gasteiger partial charge on any atom is -0.322 e. The summed E-state index contributed by atoms with van der Waals surface area (Å²) in [5, 5.41) is 13.1. The molecular formula is C35H33Cl2F3N4O2. The average Bonchev–Trinajstić information content (AvgIpc) is 3.78.